The SMILES string of the molecule is CCOC(=O)CN(c1cccc(C(=O)OC)c1)S(=O)(=O)c1ccccc1[N+](=O)[O-]. The Balaban J connectivity index is 2.64. The number of esters is 2. The predicted octanol–water partition coefficient (Wildman–Crippen LogP) is 2.14. The van der Waals surface area contributed by atoms with E-state index in [2.05, 4.69) is 4.74 Å². The maximum absolute atomic E-state index is 13.2. The van der Waals surface area contributed by atoms with Crippen LogP contribution in [0.5, 0.6) is 0 Å². The molecule has 0 aliphatic rings. The highest BCUT2D eigenvalue weighted by atomic mass is 32.2. The second-order valence-corrected chi connectivity index (χ2v) is 7.41. The van der Waals surface area contributed by atoms with Gasteiger partial charge in [-0.1, -0.05) is 18.2 Å². The van der Waals surface area contributed by atoms with E-state index < -0.39 is 44.0 Å². The van der Waals surface area contributed by atoms with E-state index in [4.69, 9.17) is 4.74 Å². The van der Waals surface area contributed by atoms with Crippen molar-refractivity contribution in [2.75, 3.05) is 24.6 Å². The molecule has 0 aliphatic carbocycles. The number of nitro benzene ring substituents is 1. The largest absolute Gasteiger partial charge is 0.465 e. The van der Waals surface area contributed by atoms with Gasteiger partial charge in [0.15, 0.2) is 4.90 Å². The third-order valence-electron chi connectivity index (χ3n) is 3.76. The smallest absolute Gasteiger partial charge is 0.337 e. The molecule has 0 bridgehead atoms. The number of carbonyl (C=O) groups is 2. The number of anilines is 1. The van der Waals surface area contributed by atoms with Crippen molar-refractivity contribution in [1.29, 1.82) is 0 Å². The van der Waals surface area contributed by atoms with Crippen LogP contribution in [0, 0.1) is 10.1 Å². The molecule has 11 heteroatoms. The Morgan fingerprint density at radius 3 is 2.45 bits per heavy atom. The minimum Gasteiger partial charge on any atom is -0.465 e. The van der Waals surface area contributed by atoms with Crippen molar-refractivity contribution in [3.8, 4) is 0 Å². The van der Waals surface area contributed by atoms with Gasteiger partial charge in [-0.15, -0.1) is 0 Å². The number of methoxy groups -OCH3 is 1. The molecule has 0 aliphatic heterocycles. The van der Waals surface area contributed by atoms with Crippen LogP contribution in [0.2, 0.25) is 0 Å². The molecule has 0 amide bonds. The molecule has 2 aromatic carbocycles. The van der Waals surface area contributed by atoms with E-state index in [1.807, 2.05) is 0 Å². The van der Waals surface area contributed by atoms with Gasteiger partial charge in [-0.2, -0.15) is 0 Å². The quantitative estimate of drug-likeness (QED) is 0.359. The van der Waals surface area contributed by atoms with Gasteiger partial charge in [0.2, 0.25) is 0 Å². The number of carbonyl (C=O) groups excluding carboxylic acids is 2. The van der Waals surface area contributed by atoms with Crippen molar-refractivity contribution in [2.45, 2.75) is 11.8 Å². The third kappa shape index (κ3) is 4.88. The van der Waals surface area contributed by atoms with Crippen LogP contribution in [0.25, 0.3) is 0 Å². The van der Waals surface area contributed by atoms with Crippen LogP contribution in [-0.2, 0) is 24.3 Å². The van der Waals surface area contributed by atoms with Gasteiger partial charge >= 0.3 is 11.9 Å². The molecule has 0 N–H and O–H groups in total. The summed E-state index contributed by atoms with van der Waals surface area (Å²) in [7, 11) is -3.39. The monoisotopic (exact) mass is 422 g/mol. The summed E-state index contributed by atoms with van der Waals surface area (Å²) in [5.74, 6) is -1.58. The maximum atomic E-state index is 13.2. The fourth-order valence-electron chi connectivity index (χ4n) is 2.49. The zero-order chi connectivity index (χ0) is 21.6. The van der Waals surface area contributed by atoms with Gasteiger partial charge < -0.3 is 9.47 Å². The second kappa shape index (κ2) is 9.15. The first-order valence-electron chi connectivity index (χ1n) is 8.32. The van der Waals surface area contributed by atoms with E-state index in [-0.39, 0.29) is 17.9 Å². The lowest BCUT2D eigenvalue weighted by Gasteiger charge is -2.23. The number of nitrogens with zero attached hydrogens (tertiary/aromatic N) is 2. The summed E-state index contributed by atoms with van der Waals surface area (Å²) >= 11 is 0. The summed E-state index contributed by atoms with van der Waals surface area (Å²) in [5.41, 5.74) is -0.666. The Morgan fingerprint density at radius 2 is 1.83 bits per heavy atom. The molecule has 29 heavy (non-hydrogen) atoms. The molecule has 0 atom stereocenters. The Kier molecular flexibility index (Phi) is 6.89. The Bertz CT molecular complexity index is 1040. The molecule has 0 saturated heterocycles. The van der Waals surface area contributed by atoms with Crippen molar-refractivity contribution in [2.24, 2.45) is 0 Å². The van der Waals surface area contributed by atoms with Crippen LogP contribution in [-0.4, -0.2) is 45.5 Å². The molecule has 2 aromatic rings. The number of nitro groups is 1. The number of hydrogen-bond donors (Lipinski definition) is 0. The van der Waals surface area contributed by atoms with E-state index in [9.17, 15) is 28.1 Å². The molecular formula is C18H18N2O8S. The summed E-state index contributed by atoms with van der Waals surface area (Å²) in [6.07, 6.45) is 0. The van der Waals surface area contributed by atoms with E-state index in [1.165, 1.54) is 36.4 Å². The molecule has 0 spiro atoms. The van der Waals surface area contributed by atoms with Crippen LogP contribution in [0.3, 0.4) is 0 Å². The van der Waals surface area contributed by atoms with Crippen molar-refractivity contribution in [3.63, 3.8) is 0 Å². The van der Waals surface area contributed by atoms with Gasteiger partial charge in [0.1, 0.15) is 6.54 Å². The van der Waals surface area contributed by atoms with E-state index in [1.54, 1.807) is 6.92 Å². The molecule has 0 radical (unpaired) electrons. The van der Waals surface area contributed by atoms with E-state index >= 15 is 0 Å². The van der Waals surface area contributed by atoms with Crippen molar-refractivity contribution in [1.82, 2.24) is 0 Å². The number of benzene rings is 2. The Labute approximate surface area is 166 Å². The fourth-order valence-corrected chi connectivity index (χ4v) is 4.05. The lowest BCUT2D eigenvalue weighted by atomic mass is 10.2. The van der Waals surface area contributed by atoms with Gasteiger partial charge in [-0.3, -0.25) is 19.2 Å². The first-order chi connectivity index (χ1) is 13.7. The summed E-state index contributed by atoms with van der Waals surface area (Å²) in [5, 5.41) is 11.3. The maximum Gasteiger partial charge on any atom is 0.337 e. The van der Waals surface area contributed by atoms with Gasteiger partial charge in [0, 0.05) is 6.07 Å². The number of para-hydroxylation sites is 1. The molecule has 0 unspecified atom stereocenters. The lowest BCUT2D eigenvalue weighted by Crippen LogP contribution is -2.37. The highest BCUT2D eigenvalue weighted by Crippen LogP contribution is 2.30. The molecule has 10 nitrogen and oxygen atoms in total. The van der Waals surface area contributed by atoms with Crippen LogP contribution in [0.15, 0.2) is 53.4 Å². The molecule has 0 heterocycles. The average Bonchev–Trinajstić information content (AvgIpc) is 2.71. The fraction of sp³-hybridized carbons (Fsp3) is 0.222. The first-order valence-corrected chi connectivity index (χ1v) is 9.76. The molecule has 2 rings (SSSR count). The van der Waals surface area contributed by atoms with Crippen molar-refractivity contribution < 1.29 is 32.4 Å². The number of hydrogen-bond acceptors (Lipinski definition) is 8. The van der Waals surface area contributed by atoms with Gasteiger partial charge in [0.05, 0.1) is 29.9 Å². The Hall–Kier alpha value is -3.47. The minimum atomic E-state index is -4.55. The average molecular weight is 422 g/mol. The summed E-state index contributed by atoms with van der Waals surface area (Å²) in [6.45, 7) is 0.823. The zero-order valence-corrected chi connectivity index (χ0v) is 16.4. The predicted molar refractivity (Wildman–Crippen MR) is 102 cm³/mol. The number of rotatable bonds is 8. The van der Waals surface area contributed by atoms with E-state index in [0.29, 0.717) is 4.31 Å². The van der Waals surface area contributed by atoms with Crippen LogP contribution in [0.1, 0.15) is 17.3 Å². The topological polar surface area (TPSA) is 133 Å². The number of sulfonamides is 1. The van der Waals surface area contributed by atoms with Crippen molar-refractivity contribution >= 4 is 33.3 Å². The second-order valence-electron chi connectivity index (χ2n) is 5.58. The highest BCUT2D eigenvalue weighted by molar-refractivity contribution is 7.93. The van der Waals surface area contributed by atoms with Gasteiger partial charge in [-0.05, 0) is 31.2 Å². The van der Waals surface area contributed by atoms with Crippen LogP contribution < -0.4 is 4.31 Å². The molecule has 0 aromatic heterocycles. The molecule has 154 valence electrons. The molecule has 0 saturated carbocycles. The highest BCUT2D eigenvalue weighted by Gasteiger charge is 2.33. The number of ether oxygens (including phenoxy) is 2. The summed E-state index contributed by atoms with van der Waals surface area (Å²) in [6, 6.07) is 10.1. The molecule has 0 fully saturated rings. The van der Waals surface area contributed by atoms with E-state index in [0.717, 1.165) is 19.2 Å². The zero-order valence-electron chi connectivity index (χ0n) is 15.6. The summed E-state index contributed by atoms with van der Waals surface area (Å²) < 4.78 is 36.6. The lowest BCUT2D eigenvalue weighted by molar-refractivity contribution is -0.387. The van der Waals surface area contributed by atoms with Crippen molar-refractivity contribution in [3.05, 3.63) is 64.2 Å². The molecular weight excluding hydrogens is 404 g/mol. The van der Waals surface area contributed by atoms with Gasteiger partial charge in [0.25, 0.3) is 15.7 Å². The summed E-state index contributed by atoms with van der Waals surface area (Å²) in [4.78, 5) is 33.7. The Morgan fingerprint density at radius 1 is 1.14 bits per heavy atom. The van der Waals surface area contributed by atoms with Crippen LogP contribution in [0.4, 0.5) is 11.4 Å². The van der Waals surface area contributed by atoms with Gasteiger partial charge in [-0.25, -0.2) is 13.2 Å². The third-order valence-corrected chi connectivity index (χ3v) is 5.58. The standard InChI is InChI=1S/C18H18N2O8S/c1-3-28-17(21)12-19(14-8-6-7-13(11-14)18(22)27-2)29(25,26)16-10-5-4-9-15(16)20(23)24/h4-11H,3,12H2,1-2H3. The first kappa shape index (κ1) is 21.8. The normalized spacial score (nSPS) is 10.8. The van der Waals surface area contributed by atoms with Crippen LogP contribution >= 0.6 is 0 Å². The minimum absolute atomic E-state index is 0.0143.